The van der Waals surface area contributed by atoms with E-state index in [0.29, 0.717) is 23.3 Å². The summed E-state index contributed by atoms with van der Waals surface area (Å²) >= 11 is 0. The fraction of sp³-hybridized carbons (Fsp3) is 0.227. The van der Waals surface area contributed by atoms with Crippen LogP contribution in [0, 0.1) is 0 Å². The molecule has 2 aromatic carbocycles. The standard InChI is InChI=1S/C22H23NO5S/c1-14-11-16-7-8-17(28-4)13-19(16)21(14)20(22(24)25)12-15-5-9-18(10-6-15)29(26,27)23(2)3/h5-10,12-13H,11H2,1-4H3,(H,24,25). The summed E-state index contributed by atoms with van der Waals surface area (Å²) in [7, 11) is 0.966. The normalized spacial score (nSPS) is 14.3. The minimum atomic E-state index is -3.54. The van der Waals surface area contributed by atoms with Crippen molar-refractivity contribution in [1.29, 1.82) is 0 Å². The zero-order chi connectivity index (χ0) is 21.3. The van der Waals surface area contributed by atoms with E-state index in [1.165, 1.54) is 26.2 Å². The topological polar surface area (TPSA) is 83.9 Å². The molecule has 29 heavy (non-hydrogen) atoms. The Bertz CT molecular complexity index is 1130. The third-order valence-electron chi connectivity index (χ3n) is 4.94. The minimum Gasteiger partial charge on any atom is -0.497 e. The van der Waals surface area contributed by atoms with Gasteiger partial charge in [0.15, 0.2) is 0 Å². The molecule has 0 heterocycles. The van der Waals surface area contributed by atoms with E-state index in [4.69, 9.17) is 4.74 Å². The zero-order valence-corrected chi connectivity index (χ0v) is 17.6. The highest BCUT2D eigenvalue weighted by Gasteiger charge is 2.26. The quantitative estimate of drug-likeness (QED) is 0.734. The first-order valence-corrected chi connectivity index (χ1v) is 10.4. The number of hydrogen-bond donors (Lipinski definition) is 1. The van der Waals surface area contributed by atoms with Gasteiger partial charge in [0.1, 0.15) is 5.75 Å². The summed E-state index contributed by atoms with van der Waals surface area (Å²) in [5.74, 6) is -0.376. The van der Waals surface area contributed by atoms with E-state index in [2.05, 4.69) is 0 Å². The lowest BCUT2D eigenvalue weighted by Crippen LogP contribution is -2.22. The number of aliphatic carboxylic acids is 1. The Kier molecular flexibility index (Phi) is 5.64. The van der Waals surface area contributed by atoms with E-state index in [-0.39, 0.29) is 10.5 Å². The van der Waals surface area contributed by atoms with E-state index in [1.54, 1.807) is 25.3 Å². The second-order valence-corrected chi connectivity index (χ2v) is 9.23. The molecule has 0 unspecified atom stereocenters. The van der Waals surface area contributed by atoms with Gasteiger partial charge in [-0.25, -0.2) is 17.5 Å². The highest BCUT2D eigenvalue weighted by Crippen LogP contribution is 2.40. The molecule has 1 aliphatic rings. The number of fused-ring (bicyclic) bond motifs is 1. The second kappa shape index (κ2) is 7.85. The molecule has 2 aromatic rings. The Morgan fingerprint density at radius 3 is 2.34 bits per heavy atom. The van der Waals surface area contributed by atoms with Crippen molar-refractivity contribution in [3.63, 3.8) is 0 Å². The van der Waals surface area contributed by atoms with E-state index in [0.717, 1.165) is 21.0 Å². The molecule has 1 aliphatic carbocycles. The van der Waals surface area contributed by atoms with Crippen LogP contribution in [0.5, 0.6) is 5.75 Å². The van der Waals surface area contributed by atoms with Gasteiger partial charge in [-0.3, -0.25) is 0 Å². The number of allylic oxidation sites excluding steroid dienone is 1. The van der Waals surface area contributed by atoms with Crippen molar-refractivity contribution in [1.82, 2.24) is 4.31 Å². The average molecular weight is 413 g/mol. The molecule has 6 nitrogen and oxygen atoms in total. The maximum Gasteiger partial charge on any atom is 0.336 e. The lowest BCUT2D eigenvalue weighted by molar-refractivity contribution is -0.132. The molecule has 3 rings (SSSR count). The first kappa shape index (κ1) is 20.8. The molecule has 0 aliphatic heterocycles. The lowest BCUT2D eigenvalue weighted by atomic mass is 9.95. The van der Waals surface area contributed by atoms with Crippen LogP contribution in [-0.2, 0) is 21.2 Å². The largest absolute Gasteiger partial charge is 0.497 e. The molecule has 0 radical (unpaired) electrons. The van der Waals surface area contributed by atoms with Crippen molar-refractivity contribution in [3.8, 4) is 5.75 Å². The SMILES string of the molecule is COc1ccc2c(c1)C(C(=Cc1ccc(S(=O)(=O)N(C)C)cc1)C(=O)O)=C(C)C2. The fourth-order valence-electron chi connectivity index (χ4n) is 3.40. The number of benzene rings is 2. The Balaban J connectivity index is 2.06. The molecular weight excluding hydrogens is 390 g/mol. The van der Waals surface area contributed by atoms with Gasteiger partial charge < -0.3 is 9.84 Å². The summed E-state index contributed by atoms with van der Waals surface area (Å²) in [5, 5.41) is 9.89. The van der Waals surface area contributed by atoms with E-state index >= 15 is 0 Å². The number of nitrogens with zero attached hydrogens (tertiary/aromatic N) is 1. The lowest BCUT2D eigenvalue weighted by Gasteiger charge is -2.12. The number of ether oxygens (including phenoxy) is 1. The number of hydrogen-bond acceptors (Lipinski definition) is 4. The van der Waals surface area contributed by atoms with Crippen LogP contribution in [-0.4, -0.2) is 45.0 Å². The van der Waals surface area contributed by atoms with Gasteiger partial charge in [0.2, 0.25) is 10.0 Å². The number of methoxy groups -OCH3 is 1. The Hall–Kier alpha value is -2.90. The maximum atomic E-state index is 12.2. The third-order valence-corrected chi connectivity index (χ3v) is 6.77. The zero-order valence-electron chi connectivity index (χ0n) is 16.8. The molecule has 7 heteroatoms. The predicted molar refractivity (Wildman–Crippen MR) is 112 cm³/mol. The van der Waals surface area contributed by atoms with Crippen LogP contribution in [0.1, 0.15) is 23.6 Å². The van der Waals surface area contributed by atoms with Gasteiger partial charge in [0.05, 0.1) is 17.6 Å². The summed E-state index contributed by atoms with van der Waals surface area (Å²) in [6.45, 7) is 1.92. The number of rotatable bonds is 6. The van der Waals surface area contributed by atoms with Crippen LogP contribution in [0.2, 0.25) is 0 Å². The fourth-order valence-corrected chi connectivity index (χ4v) is 4.30. The van der Waals surface area contributed by atoms with Gasteiger partial charge in [0, 0.05) is 14.1 Å². The van der Waals surface area contributed by atoms with Gasteiger partial charge in [0.25, 0.3) is 0 Å². The van der Waals surface area contributed by atoms with Gasteiger partial charge in [-0.05, 0) is 65.9 Å². The van der Waals surface area contributed by atoms with Gasteiger partial charge >= 0.3 is 5.97 Å². The number of carboxylic acids is 1. The van der Waals surface area contributed by atoms with Crippen LogP contribution in [0.25, 0.3) is 11.6 Å². The summed E-state index contributed by atoms with van der Waals surface area (Å²) in [4.78, 5) is 12.2. The smallest absolute Gasteiger partial charge is 0.336 e. The molecule has 0 aromatic heterocycles. The summed E-state index contributed by atoms with van der Waals surface area (Å²) in [6.07, 6.45) is 2.25. The molecule has 152 valence electrons. The van der Waals surface area contributed by atoms with Crippen molar-refractivity contribution in [2.24, 2.45) is 0 Å². The Morgan fingerprint density at radius 2 is 1.79 bits per heavy atom. The molecule has 0 amide bonds. The summed E-state index contributed by atoms with van der Waals surface area (Å²) in [5.41, 5.74) is 4.32. The van der Waals surface area contributed by atoms with Crippen LogP contribution >= 0.6 is 0 Å². The molecule has 0 bridgehead atoms. The second-order valence-electron chi connectivity index (χ2n) is 7.07. The molecule has 0 atom stereocenters. The Labute approximate surface area is 170 Å². The highest BCUT2D eigenvalue weighted by atomic mass is 32.2. The van der Waals surface area contributed by atoms with Crippen LogP contribution in [0.15, 0.2) is 58.5 Å². The molecule has 0 fully saturated rings. The molecule has 0 spiro atoms. The number of carbonyl (C=O) groups is 1. The van der Waals surface area contributed by atoms with Crippen molar-refractivity contribution in [2.45, 2.75) is 18.2 Å². The van der Waals surface area contributed by atoms with Gasteiger partial charge in [-0.2, -0.15) is 0 Å². The van der Waals surface area contributed by atoms with Crippen molar-refractivity contribution in [3.05, 3.63) is 70.3 Å². The molecule has 0 saturated heterocycles. The van der Waals surface area contributed by atoms with Gasteiger partial charge in [-0.15, -0.1) is 0 Å². The molecular formula is C22H23NO5S. The van der Waals surface area contributed by atoms with Crippen molar-refractivity contribution >= 4 is 27.6 Å². The van der Waals surface area contributed by atoms with Crippen molar-refractivity contribution < 1.29 is 23.1 Å². The predicted octanol–water partition coefficient (Wildman–Crippen LogP) is 3.44. The third kappa shape index (κ3) is 3.97. The van der Waals surface area contributed by atoms with Crippen LogP contribution in [0.3, 0.4) is 0 Å². The van der Waals surface area contributed by atoms with E-state index < -0.39 is 16.0 Å². The summed E-state index contributed by atoms with van der Waals surface area (Å²) in [6, 6.07) is 11.8. The Morgan fingerprint density at radius 1 is 1.14 bits per heavy atom. The number of sulfonamides is 1. The average Bonchev–Trinajstić information content (AvgIpc) is 3.00. The molecule has 1 N–H and O–H groups in total. The first-order chi connectivity index (χ1) is 13.6. The number of carboxylic acid groups (broad SMARTS) is 1. The first-order valence-electron chi connectivity index (χ1n) is 9.00. The summed E-state index contributed by atoms with van der Waals surface area (Å²) < 4.78 is 30.9. The van der Waals surface area contributed by atoms with E-state index in [1.807, 2.05) is 25.1 Å². The maximum absolute atomic E-state index is 12.2. The van der Waals surface area contributed by atoms with Gasteiger partial charge in [-0.1, -0.05) is 23.8 Å². The van der Waals surface area contributed by atoms with E-state index in [9.17, 15) is 18.3 Å². The van der Waals surface area contributed by atoms with Crippen LogP contribution in [0.4, 0.5) is 0 Å². The minimum absolute atomic E-state index is 0.155. The highest BCUT2D eigenvalue weighted by molar-refractivity contribution is 7.89. The molecule has 0 saturated carbocycles. The van der Waals surface area contributed by atoms with Crippen molar-refractivity contribution in [2.75, 3.05) is 21.2 Å². The van der Waals surface area contributed by atoms with Crippen LogP contribution < -0.4 is 4.74 Å². The monoisotopic (exact) mass is 413 g/mol.